The van der Waals surface area contributed by atoms with Gasteiger partial charge in [0.2, 0.25) is 0 Å². The van der Waals surface area contributed by atoms with Crippen molar-refractivity contribution in [2.24, 2.45) is 0 Å². The normalized spacial score (nSPS) is 18.5. The van der Waals surface area contributed by atoms with Crippen molar-refractivity contribution in [1.29, 1.82) is 0 Å². The summed E-state index contributed by atoms with van der Waals surface area (Å²) in [7, 11) is 0. The minimum atomic E-state index is -0.672. The second-order valence-electron chi connectivity index (χ2n) is 8.48. The van der Waals surface area contributed by atoms with Crippen molar-refractivity contribution in [1.82, 2.24) is 19.1 Å². The average Bonchev–Trinajstić information content (AvgIpc) is 2.73. The minimum Gasteiger partial charge on any atom is -0.461 e. The molecule has 1 aliphatic carbocycles. The number of carbonyl (C=O) groups excluding carboxylic acids is 2. The fourth-order valence-corrected chi connectivity index (χ4v) is 3.87. The van der Waals surface area contributed by atoms with Gasteiger partial charge in [-0.05, 0) is 52.4 Å². The first kappa shape index (κ1) is 24.9. The molecule has 0 amide bonds. The molecule has 1 saturated carbocycles. The highest BCUT2D eigenvalue weighted by atomic mass is 16.5. The van der Waals surface area contributed by atoms with Gasteiger partial charge in [0, 0.05) is 23.5 Å². The maximum absolute atomic E-state index is 12.3. The average molecular weight is 476 g/mol. The number of nitrogens with one attached hydrogen (secondary N) is 2. The van der Waals surface area contributed by atoms with Crippen LogP contribution in [0.3, 0.4) is 0 Å². The Kier molecular flexibility index (Phi) is 8.03. The molecule has 0 atom stereocenters. The Balaban J connectivity index is 1.47. The Hall–Kier alpha value is -3.70. The topological polar surface area (TPSA) is 162 Å². The Morgan fingerprint density at radius 1 is 0.765 bits per heavy atom. The quantitative estimate of drug-likeness (QED) is 0.545. The number of H-pyrrole nitrogens is 2. The van der Waals surface area contributed by atoms with Crippen LogP contribution in [0.25, 0.3) is 0 Å². The lowest BCUT2D eigenvalue weighted by Crippen LogP contribution is -2.34. The van der Waals surface area contributed by atoms with Crippen LogP contribution in [-0.4, -0.2) is 43.2 Å². The number of hydrogen-bond donors (Lipinski definition) is 2. The van der Waals surface area contributed by atoms with Crippen LogP contribution in [0.2, 0.25) is 0 Å². The van der Waals surface area contributed by atoms with E-state index in [-0.39, 0.29) is 25.3 Å². The summed E-state index contributed by atoms with van der Waals surface area (Å²) in [5, 5.41) is 0. The fraction of sp³-hybridized carbons (Fsp3) is 0.545. The third-order valence-electron chi connectivity index (χ3n) is 5.68. The van der Waals surface area contributed by atoms with Gasteiger partial charge in [0.25, 0.3) is 11.1 Å². The largest absolute Gasteiger partial charge is 0.461 e. The zero-order valence-corrected chi connectivity index (χ0v) is 19.1. The first-order valence-electron chi connectivity index (χ1n) is 11.1. The summed E-state index contributed by atoms with van der Waals surface area (Å²) in [6, 6.07) is 0. The van der Waals surface area contributed by atoms with Gasteiger partial charge >= 0.3 is 23.3 Å². The van der Waals surface area contributed by atoms with Crippen LogP contribution in [0.15, 0.2) is 31.6 Å². The van der Waals surface area contributed by atoms with Crippen LogP contribution in [0.4, 0.5) is 0 Å². The predicted molar refractivity (Wildman–Crippen MR) is 120 cm³/mol. The van der Waals surface area contributed by atoms with Gasteiger partial charge in [-0.3, -0.25) is 38.3 Å². The summed E-state index contributed by atoms with van der Waals surface area (Å²) in [5.74, 6) is -1.13. The van der Waals surface area contributed by atoms with Crippen LogP contribution >= 0.6 is 0 Å². The number of carbonyl (C=O) groups is 2. The fourth-order valence-electron chi connectivity index (χ4n) is 3.87. The molecule has 0 aliphatic heterocycles. The lowest BCUT2D eigenvalue weighted by Gasteiger charge is -2.25. The highest BCUT2D eigenvalue weighted by molar-refractivity contribution is 5.69. The molecule has 1 fully saturated rings. The van der Waals surface area contributed by atoms with E-state index in [1.165, 1.54) is 26.2 Å². The molecule has 0 radical (unpaired) electrons. The molecular formula is C22H28N4O8. The molecule has 0 saturated heterocycles. The second kappa shape index (κ2) is 10.9. The van der Waals surface area contributed by atoms with E-state index in [1.54, 1.807) is 0 Å². The van der Waals surface area contributed by atoms with E-state index < -0.39 is 34.4 Å². The molecule has 2 aromatic heterocycles. The lowest BCUT2D eigenvalue weighted by molar-refractivity contribution is -0.152. The molecule has 12 heteroatoms. The smallest absolute Gasteiger partial charge is 0.328 e. The maximum Gasteiger partial charge on any atom is 0.328 e. The maximum atomic E-state index is 12.3. The molecular weight excluding hydrogens is 448 g/mol. The first-order valence-corrected chi connectivity index (χ1v) is 11.1. The van der Waals surface area contributed by atoms with Gasteiger partial charge in [-0.2, -0.15) is 0 Å². The van der Waals surface area contributed by atoms with Gasteiger partial charge in [0.05, 0.1) is 0 Å². The molecule has 0 spiro atoms. The Morgan fingerprint density at radius 3 is 1.47 bits per heavy atom. The third kappa shape index (κ3) is 6.65. The number of aromatic amines is 2. The van der Waals surface area contributed by atoms with Crippen molar-refractivity contribution >= 4 is 11.9 Å². The molecule has 0 bridgehead atoms. The Labute approximate surface area is 193 Å². The summed E-state index contributed by atoms with van der Waals surface area (Å²) in [6.07, 6.45) is 5.66. The summed E-state index contributed by atoms with van der Waals surface area (Å²) in [6.45, 7) is 2.49. The van der Waals surface area contributed by atoms with Crippen LogP contribution < -0.4 is 22.5 Å². The molecule has 12 nitrogen and oxygen atoms in total. The number of aromatic nitrogens is 4. The number of rotatable bonds is 6. The molecule has 34 heavy (non-hydrogen) atoms. The van der Waals surface area contributed by atoms with E-state index in [0.29, 0.717) is 49.7 Å². The van der Waals surface area contributed by atoms with E-state index in [2.05, 4.69) is 9.97 Å². The summed E-state index contributed by atoms with van der Waals surface area (Å²) in [5.41, 5.74) is -1.70. The Morgan fingerprint density at radius 2 is 1.12 bits per heavy atom. The van der Waals surface area contributed by atoms with E-state index >= 15 is 0 Å². The van der Waals surface area contributed by atoms with Crippen molar-refractivity contribution < 1.29 is 19.1 Å². The van der Waals surface area contributed by atoms with Crippen molar-refractivity contribution in [3.63, 3.8) is 0 Å². The van der Waals surface area contributed by atoms with Crippen LogP contribution in [0.5, 0.6) is 0 Å². The first-order chi connectivity index (χ1) is 16.1. The summed E-state index contributed by atoms with van der Waals surface area (Å²) in [4.78, 5) is 75.4. The number of aryl methyl sites for hydroxylation is 2. The summed E-state index contributed by atoms with van der Waals surface area (Å²) < 4.78 is 13.2. The van der Waals surface area contributed by atoms with Crippen molar-refractivity contribution in [2.75, 3.05) is 0 Å². The van der Waals surface area contributed by atoms with E-state index in [0.717, 1.165) is 9.13 Å². The van der Waals surface area contributed by atoms with Gasteiger partial charge in [-0.25, -0.2) is 9.59 Å². The van der Waals surface area contributed by atoms with Gasteiger partial charge < -0.3 is 9.47 Å². The van der Waals surface area contributed by atoms with Crippen LogP contribution in [-0.2, 0) is 32.2 Å². The highest BCUT2D eigenvalue weighted by Crippen LogP contribution is 2.22. The van der Waals surface area contributed by atoms with Gasteiger partial charge in [0.1, 0.15) is 25.3 Å². The van der Waals surface area contributed by atoms with Gasteiger partial charge in [-0.1, -0.05) is 0 Å². The molecule has 184 valence electrons. The minimum absolute atomic E-state index is 0.295. The Bertz CT molecular complexity index is 1180. The standard InChI is InChI=1S/C22H28N4O8/c1-13-9-25(21(31)23-19(13)29)11-17(27)33-15-5-3-7-16(8-4-6-15)34-18(28)12-26-10-14(2)20(30)24-22(26)32/h9-10,15-16H,3-8,11-12H2,1-2H3,(H,23,29,31)(H,24,30,32). The van der Waals surface area contributed by atoms with Gasteiger partial charge in [0.15, 0.2) is 0 Å². The molecule has 2 aromatic rings. The number of esters is 2. The van der Waals surface area contributed by atoms with E-state index in [4.69, 9.17) is 9.47 Å². The van der Waals surface area contributed by atoms with Crippen LogP contribution in [0, 0.1) is 13.8 Å². The molecule has 0 aromatic carbocycles. The zero-order valence-electron chi connectivity index (χ0n) is 19.1. The molecule has 1 aliphatic rings. The van der Waals surface area contributed by atoms with Crippen molar-refractivity contribution in [3.8, 4) is 0 Å². The predicted octanol–water partition coefficient (Wildman–Crippen LogP) is -0.119. The summed E-state index contributed by atoms with van der Waals surface area (Å²) >= 11 is 0. The van der Waals surface area contributed by atoms with Crippen LogP contribution in [0.1, 0.15) is 49.7 Å². The number of nitrogens with zero attached hydrogens (tertiary/aromatic N) is 2. The third-order valence-corrected chi connectivity index (χ3v) is 5.68. The van der Waals surface area contributed by atoms with Crippen molar-refractivity contribution in [2.45, 2.75) is 77.7 Å². The highest BCUT2D eigenvalue weighted by Gasteiger charge is 2.22. The van der Waals surface area contributed by atoms with E-state index in [1.807, 2.05) is 0 Å². The molecule has 2 heterocycles. The second-order valence-corrected chi connectivity index (χ2v) is 8.48. The zero-order chi connectivity index (χ0) is 24.8. The van der Waals surface area contributed by atoms with Gasteiger partial charge in [-0.15, -0.1) is 0 Å². The number of hydrogen-bond acceptors (Lipinski definition) is 8. The SMILES string of the molecule is Cc1cn(CC(=O)OC2CCCC(OC(=O)Cn3cc(C)c(=O)[nH]c3=O)CCC2)c(=O)[nH]c1=O. The lowest BCUT2D eigenvalue weighted by atomic mass is 9.96. The molecule has 3 rings (SSSR count). The van der Waals surface area contributed by atoms with E-state index in [9.17, 15) is 28.8 Å². The molecule has 2 N–H and O–H groups in total. The number of ether oxygens (including phenoxy) is 2. The molecule has 0 unspecified atom stereocenters. The monoisotopic (exact) mass is 476 g/mol. The van der Waals surface area contributed by atoms with Crippen molar-refractivity contribution in [3.05, 3.63) is 65.2 Å².